The van der Waals surface area contributed by atoms with Gasteiger partial charge in [-0.1, -0.05) is 12.1 Å². The number of rotatable bonds is 6. The van der Waals surface area contributed by atoms with Crippen LogP contribution in [0.5, 0.6) is 0 Å². The molecule has 2 heterocycles. The lowest BCUT2D eigenvalue weighted by atomic mass is 10.0. The molecule has 0 bridgehead atoms. The lowest BCUT2D eigenvalue weighted by molar-refractivity contribution is -0.131. The second kappa shape index (κ2) is 7.50. The molecule has 8 nitrogen and oxygen atoms in total. The summed E-state index contributed by atoms with van der Waals surface area (Å²) in [7, 11) is 0. The number of furan rings is 1. The number of aromatic amines is 1. The summed E-state index contributed by atoms with van der Waals surface area (Å²) < 4.78 is 5.71. The molecule has 0 aliphatic carbocycles. The van der Waals surface area contributed by atoms with E-state index in [1.54, 1.807) is 38.1 Å². The fourth-order valence-corrected chi connectivity index (χ4v) is 3.17. The molecule has 0 saturated carbocycles. The summed E-state index contributed by atoms with van der Waals surface area (Å²) in [6, 6.07) is 8.18. The minimum atomic E-state index is -1.13. The zero-order chi connectivity index (χ0) is 19.6. The predicted octanol–water partition coefficient (Wildman–Crippen LogP) is 3.60. The minimum absolute atomic E-state index is 0.00842. The predicted molar refractivity (Wildman–Crippen MR) is 98.4 cm³/mol. The summed E-state index contributed by atoms with van der Waals surface area (Å²) in [6.07, 6.45) is 1.37. The highest BCUT2D eigenvalue weighted by Gasteiger charge is 2.16. The van der Waals surface area contributed by atoms with Gasteiger partial charge in [0.15, 0.2) is 0 Å². The fraction of sp³-hybridized carbons (Fsp3) is 0.111. The highest BCUT2D eigenvalue weighted by atomic mass is 32.2. The Bertz CT molecular complexity index is 1050. The van der Waals surface area contributed by atoms with E-state index in [0.717, 1.165) is 11.8 Å². The van der Waals surface area contributed by atoms with Gasteiger partial charge in [-0.25, -0.2) is 14.6 Å². The van der Waals surface area contributed by atoms with Gasteiger partial charge < -0.3 is 14.6 Å². The van der Waals surface area contributed by atoms with Gasteiger partial charge in [0, 0.05) is 11.6 Å². The van der Waals surface area contributed by atoms with Crippen LogP contribution in [-0.2, 0) is 4.79 Å². The van der Waals surface area contributed by atoms with Crippen molar-refractivity contribution in [2.45, 2.75) is 19.0 Å². The van der Waals surface area contributed by atoms with Crippen LogP contribution in [0.2, 0.25) is 0 Å². The van der Waals surface area contributed by atoms with Gasteiger partial charge in [0.05, 0.1) is 5.56 Å². The highest BCUT2D eigenvalue weighted by Crippen LogP contribution is 2.30. The summed E-state index contributed by atoms with van der Waals surface area (Å²) in [5.41, 5.74) is 1.38. The molecule has 3 N–H and O–H groups in total. The molecule has 9 heteroatoms. The second-order valence-corrected chi connectivity index (χ2v) is 6.61. The fourth-order valence-electron chi connectivity index (χ4n) is 2.44. The number of hydrogen-bond acceptors (Lipinski definition) is 6. The summed E-state index contributed by atoms with van der Waals surface area (Å²) in [5, 5.41) is 25.5. The van der Waals surface area contributed by atoms with Crippen molar-refractivity contribution in [2.24, 2.45) is 0 Å². The van der Waals surface area contributed by atoms with Crippen molar-refractivity contribution < 1.29 is 24.2 Å². The maximum Gasteiger partial charge on any atom is 0.342 e. The number of thioether (sulfide) groups is 1. The molecule has 0 spiro atoms. The zero-order valence-corrected chi connectivity index (χ0v) is 15.2. The molecule has 3 rings (SSSR count). The van der Waals surface area contributed by atoms with Crippen molar-refractivity contribution in [1.82, 2.24) is 15.2 Å². The van der Waals surface area contributed by atoms with Crippen LogP contribution in [0.3, 0.4) is 0 Å². The maximum atomic E-state index is 11.5. The number of aryl methyl sites for hydroxylation is 1. The van der Waals surface area contributed by atoms with E-state index in [0.29, 0.717) is 28.5 Å². The Kier molecular flexibility index (Phi) is 5.13. The summed E-state index contributed by atoms with van der Waals surface area (Å²) >= 11 is 0.897. The van der Waals surface area contributed by atoms with Crippen molar-refractivity contribution in [3.63, 3.8) is 0 Å². The molecular weight excluding hydrogens is 370 g/mol. The van der Waals surface area contributed by atoms with Crippen molar-refractivity contribution in [2.75, 3.05) is 0 Å². The third-order valence-corrected chi connectivity index (χ3v) is 4.60. The first-order valence-electron chi connectivity index (χ1n) is 7.80. The third kappa shape index (κ3) is 4.09. The van der Waals surface area contributed by atoms with Crippen LogP contribution >= 0.6 is 11.8 Å². The molecule has 27 heavy (non-hydrogen) atoms. The van der Waals surface area contributed by atoms with Gasteiger partial charge in [0.1, 0.15) is 22.3 Å². The quantitative estimate of drug-likeness (QED) is 0.433. The first kappa shape index (κ1) is 18.5. The van der Waals surface area contributed by atoms with Gasteiger partial charge in [-0.15, -0.1) is 5.10 Å². The van der Waals surface area contributed by atoms with Gasteiger partial charge >= 0.3 is 11.9 Å². The van der Waals surface area contributed by atoms with E-state index in [2.05, 4.69) is 15.2 Å². The molecule has 138 valence electrons. The molecule has 0 aliphatic heterocycles. The lowest BCUT2D eigenvalue weighted by Crippen LogP contribution is -2.00. The van der Waals surface area contributed by atoms with Crippen molar-refractivity contribution >= 4 is 29.8 Å². The number of H-pyrrole nitrogens is 1. The number of hydrogen-bond donors (Lipinski definition) is 3. The summed E-state index contributed by atoms with van der Waals surface area (Å²) in [5.74, 6) is -0.805. The van der Waals surface area contributed by atoms with Gasteiger partial charge in [-0.05, 0) is 49.4 Å². The number of benzene rings is 1. The average Bonchev–Trinajstić information content (AvgIpc) is 3.23. The van der Waals surface area contributed by atoms with Crippen molar-refractivity contribution in [3.8, 4) is 11.3 Å². The largest absolute Gasteiger partial charge is 0.478 e. The SMILES string of the molecule is Cc1nc(S/C(=C\c2ccc(-c3cccc(C(=O)O)c3C)o2)C(=O)O)n[nH]1. The van der Waals surface area contributed by atoms with Gasteiger partial charge in [-0.3, -0.25) is 5.10 Å². The zero-order valence-electron chi connectivity index (χ0n) is 14.4. The number of nitrogens with one attached hydrogen (secondary N) is 1. The van der Waals surface area contributed by atoms with Crippen LogP contribution in [0, 0.1) is 13.8 Å². The van der Waals surface area contributed by atoms with E-state index in [4.69, 9.17) is 4.42 Å². The van der Waals surface area contributed by atoms with E-state index in [1.807, 2.05) is 0 Å². The summed E-state index contributed by atoms with van der Waals surface area (Å²) in [6.45, 7) is 3.41. The number of carboxylic acids is 2. The standard InChI is InChI=1S/C18H15N3O5S/c1-9-12(4-3-5-13(9)16(22)23)14-7-6-11(26-14)8-15(17(24)25)27-18-19-10(2)20-21-18/h3-8H,1-2H3,(H,22,23)(H,24,25)(H,19,20,21)/b15-8-. The van der Waals surface area contributed by atoms with E-state index in [9.17, 15) is 19.8 Å². The Balaban J connectivity index is 1.92. The number of nitrogens with zero attached hydrogens (tertiary/aromatic N) is 2. The highest BCUT2D eigenvalue weighted by molar-refractivity contribution is 8.04. The Labute approximate surface area is 157 Å². The van der Waals surface area contributed by atoms with Crippen molar-refractivity contribution in [1.29, 1.82) is 0 Å². The van der Waals surface area contributed by atoms with Crippen LogP contribution < -0.4 is 0 Å². The number of carbonyl (C=O) groups is 2. The normalized spacial score (nSPS) is 11.6. The smallest absolute Gasteiger partial charge is 0.342 e. The number of aromatic carboxylic acids is 1. The summed E-state index contributed by atoms with van der Waals surface area (Å²) in [4.78, 5) is 26.9. The Morgan fingerprint density at radius 3 is 2.59 bits per heavy atom. The third-order valence-electron chi connectivity index (χ3n) is 3.72. The Morgan fingerprint density at radius 2 is 1.96 bits per heavy atom. The van der Waals surface area contributed by atoms with Crippen LogP contribution in [0.4, 0.5) is 0 Å². The maximum absolute atomic E-state index is 11.5. The van der Waals surface area contributed by atoms with E-state index in [-0.39, 0.29) is 15.6 Å². The molecule has 0 unspecified atom stereocenters. The van der Waals surface area contributed by atoms with Crippen LogP contribution in [0.25, 0.3) is 17.4 Å². The molecule has 0 fully saturated rings. The molecule has 0 radical (unpaired) electrons. The van der Waals surface area contributed by atoms with E-state index >= 15 is 0 Å². The molecule has 3 aromatic rings. The van der Waals surface area contributed by atoms with Crippen LogP contribution in [0.15, 0.2) is 44.8 Å². The van der Waals surface area contributed by atoms with E-state index in [1.165, 1.54) is 12.1 Å². The molecule has 0 aliphatic rings. The van der Waals surface area contributed by atoms with E-state index < -0.39 is 11.9 Å². The molecule has 2 aromatic heterocycles. The monoisotopic (exact) mass is 385 g/mol. The topological polar surface area (TPSA) is 129 Å². The van der Waals surface area contributed by atoms with Gasteiger partial charge in [-0.2, -0.15) is 0 Å². The Hall–Kier alpha value is -3.33. The van der Waals surface area contributed by atoms with Crippen LogP contribution in [-0.4, -0.2) is 37.3 Å². The molecule has 0 amide bonds. The average molecular weight is 385 g/mol. The second-order valence-electron chi connectivity index (χ2n) is 5.60. The van der Waals surface area contributed by atoms with Gasteiger partial charge in [0.2, 0.25) is 5.16 Å². The number of aliphatic carboxylic acids is 1. The Morgan fingerprint density at radius 1 is 1.19 bits per heavy atom. The molecule has 1 aromatic carbocycles. The molecule has 0 atom stereocenters. The first-order valence-corrected chi connectivity index (χ1v) is 8.61. The van der Waals surface area contributed by atoms with Crippen molar-refractivity contribution in [3.05, 3.63) is 57.9 Å². The minimum Gasteiger partial charge on any atom is -0.478 e. The number of aromatic nitrogens is 3. The number of carboxylic acid groups (broad SMARTS) is 2. The first-order chi connectivity index (χ1) is 12.8. The molecule has 0 saturated heterocycles. The lowest BCUT2D eigenvalue weighted by Gasteiger charge is -2.06. The van der Waals surface area contributed by atoms with Gasteiger partial charge in [0.25, 0.3) is 0 Å². The van der Waals surface area contributed by atoms with Crippen LogP contribution in [0.1, 0.15) is 27.5 Å². The molecular formula is C18H15N3O5S.